The fraction of sp³-hybridized carbons (Fsp3) is 0.450. The van der Waals surface area contributed by atoms with Crippen LogP contribution in [0.1, 0.15) is 37.8 Å². The fourth-order valence-corrected chi connectivity index (χ4v) is 3.69. The van der Waals surface area contributed by atoms with E-state index in [9.17, 15) is 0 Å². The van der Waals surface area contributed by atoms with Gasteiger partial charge in [-0.2, -0.15) is 10.1 Å². The highest BCUT2D eigenvalue weighted by molar-refractivity contribution is 5.86. The van der Waals surface area contributed by atoms with Crippen LogP contribution in [0.3, 0.4) is 0 Å². The van der Waals surface area contributed by atoms with Crippen molar-refractivity contribution < 1.29 is 0 Å². The first kappa shape index (κ1) is 16.8. The second kappa shape index (κ2) is 6.94. The van der Waals surface area contributed by atoms with Crippen LogP contribution in [0.4, 0.5) is 17.5 Å². The minimum absolute atomic E-state index is 0.499. The Balaban J connectivity index is 1.58. The third-order valence-electron chi connectivity index (χ3n) is 5.42. The lowest BCUT2D eigenvalue weighted by atomic mass is 9.96. The molecule has 0 radical (unpaired) electrons. The molecule has 1 aliphatic rings. The summed E-state index contributed by atoms with van der Waals surface area (Å²) < 4.78 is 1.92. The summed E-state index contributed by atoms with van der Waals surface area (Å²) in [5.41, 5.74) is 3.28. The highest BCUT2D eigenvalue weighted by Crippen LogP contribution is 2.28. The summed E-state index contributed by atoms with van der Waals surface area (Å²) in [6.07, 6.45) is 8.18. The molecule has 1 saturated carbocycles. The van der Waals surface area contributed by atoms with E-state index in [1.54, 1.807) is 0 Å². The average Bonchev–Trinajstić information content (AvgIpc) is 2.96. The average molecular weight is 350 g/mol. The summed E-state index contributed by atoms with van der Waals surface area (Å²) in [7, 11) is 4.02. The molecule has 0 spiro atoms. The lowest BCUT2D eigenvalue weighted by molar-refractivity contribution is 0.461. The van der Waals surface area contributed by atoms with Crippen LogP contribution in [-0.2, 0) is 7.05 Å². The van der Waals surface area contributed by atoms with Gasteiger partial charge in [0.25, 0.3) is 0 Å². The summed E-state index contributed by atoms with van der Waals surface area (Å²) in [5, 5.41) is 9.21. The van der Waals surface area contributed by atoms with E-state index < -0.39 is 0 Å². The Morgan fingerprint density at radius 3 is 2.77 bits per heavy atom. The normalized spacial score (nSPS) is 15.3. The molecule has 0 unspecified atom stereocenters. The Hall–Kier alpha value is -2.63. The van der Waals surface area contributed by atoms with Crippen molar-refractivity contribution in [1.29, 1.82) is 0 Å². The monoisotopic (exact) mass is 350 g/mol. The first-order chi connectivity index (χ1) is 12.6. The predicted octanol–water partition coefficient (Wildman–Crippen LogP) is 4.18. The lowest BCUT2D eigenvalue weighted by Gasteiger charge is -2.24. The molecular weight excluding hydrogens is 324 g/mol. The van der Waals surface area contributed by atoms with Crippen LogP contribution in [-0.4, -0.2) is 32.8 Å². The van der Waals surface area contributed by atoms with Crippen LogP contribution in [0, 0.1) is 6.92 Å². The van der Waals surface area contributed by atoms with Crippen molar-refractivity contribution in [2.45, 2.75) is 45.1 Å². The number of nitrogens with one attached hydrogen (secondary N) is 1. The van der Waals surface area contributed by atoms with Gasteiger partial charge < -0.3 is 10.2 Å². The molecule has 1 fully saturated rings. The van der Waals surface area contributed by atoms with E-state index in [2.05, 4.69) is 45.4 Å². The number of hydrogen-bond donors (Lipinski definition) is 1. The smallest absolute Gasteiger partial charge is 0.224 e. The quantitative estimate of drug-likeness (QED) is 0.765. The summed E-state index contributed by atoms with van der Waals surface area (Å²) in [6.45, 7) is 2.09. The fourth-order valence-electron chi connectivity index (χ4n) is 3.69. The number of hydrogen-bond acceptors (Lipinski definition) is 5. The van der Waals surface area contributed by atoms with Gasteiger partial charge in [-0.05, 0) is 44.0 Å². The molecule has 2 heterocycles. The minimum atomic E-state index is 0.499. The molecule has 136 valence electrons. The summed E-state index contributed by atoms with van der Waals surface area (Å²) in [4.78, 5) is 11.2. The largest absolute Gasteiger partial charge is 0.351 e. The van der Waals surface area contributed by atoms with Crippen molar-refractivity contribution in [3.05, 3.63) is 36.2 Å². The molecule has 4 rings (SSSR count). The van der Waals surface area contributed by atoms with E-state index in [4.69, 9.17) is 4.98 Å². The first-order valence-electron chi connectivity index (χ1n) is 9.38. The number of anilines is 3. The third-order valence-corrected chi connectivity index (χ3v) is 5.42. The van der Waals surface area contributed by atoms with Crippen molar-refractivity contribution in [2.75, 3.05) is 17.3 Å². The highest BCUT2D eigenvalue weighted by atomic mass is 15.3. The van der Waals surface area contributed by atoms with Crippen LogP contribution in [0.15, 0.2) is 30.5 Å². The van der Waals surface area contributed by atoms with Crippen LogP contribution in [0.5, 0.6) is 0 Å². The zero-order valence-corrected chi connectivity index (χ0v) is 15.7. The molecule has 3 aromatic rings. The van der Waals surface area contributed by atoms with Gasteiger partial charge >= 0.3 is 0 Å². The number of aromatic nitrogens is 4. The third kappa shape index (κ3) is 3.23. The van der Waals surface area contributed by atoms with Gasteiger partial charge in [0.1, 0.15) is 5.82 Å². The van der Waals surface area contributed by atoms with Gasteiger partial charge in [-0.3, -0.25) is 4.68 Å². The molecule has 2 aromatic heterocycles. The van der Waals surface area contributed by atoms with Crippen LogP contribution in [0.25, 0.3) is 10.9 Å². The zero-order chi connectivity index (χ0) is 18.1. The number of aryl methyl sites for hydroxylation is 2. The molecule has 1 aromatic carbocycles. The highest BCUT2D eigenvalue weighted by Gasteiger charge is 2.15. The lowest BCUT2D eigenvalue weighted by Crippen LogP contribution is -2.24. The van der Waals surface area contributed by atoms with Crippen molar-refractivity contribution in [3.63, 3.8) is 0 Å². The van der Waals surface area contributed by atoms with Crippen molar-refractivity contribution in [2.24, 2.45) is 7.05 Å². The Morgan fingerprint density at radius 1 is 1.15 bits per heavy atom. The number of rotatable bonds is 4. The predicted molar refractivity (Wildman–Crippen MR) is 106 cm³/mol. The molecule has 0 amide bonds. The van der Waals surface area contributed by atoms with Gasteiger partial charge in [-0.15, -0.1) is 0 Å². The molecule has 6 nitrogen and oxygen atoms in total. The summed E-state index contributed by atoms with van der Waals surface area (Å²) >= 11 is 0. The van der Waals surface area contributed by atoms with E-state index >= 15 is 0 Å². The second-order valence-corrected chi connectivity index (χ2v) is 7.19. The maximum Gasteiger partial charge on any atom is 0.224 e. The van der Waals surface area contributed by atoms with E-state index in [0.29, 0.717) is 6.04 Å². The molecule has 0 saturated heterocycles. The van der Waals surface area contributed by atoms with E-state index in [-0.39, 0.29) is 0 Å². The Morgan fingerprint density at radius 2 is 1.96 bits per heavy atom. The Kier molecular flexibility index (Phi) is 4.49. The van der Waals surface area contributed by atoms with Gasteiger partial charge in [0, 0.05) is 43.1 Å². The Bertz CT molecular complexity index is 910. The van der Waals surface area contributed by atoms with Crippen LogP contribution in [0.2, 0.25) is 0 Å². The second-order valence-electron chi connectivity index (χ2n) is 7.19. The Labute approximate surface area is 154 Å². The maximum absolute atomic E-state index is 4.73. The van der Waals surface area contributed by atoms with Crippen molar-refractivity contribution in [3.8, 4) is 0 Å². The van der Waals surface area contributed by atoms with E-state index in [1.165, 1.54) is 37.5 Å². The molecule has 1 aliphatic carbocycles. The van der Waals surface area contributed by atoms with Gasteiger partial charge in [0.15, 0.2) is 0 Å². The van der Waals surface area contributed by atoms with Crippen LogP contribution < -0.4 is 10.2 Å². The standard InChI is InChI=1S/C20H26N6/c1-14-17-13-16(9-10-18(17)24-26(14)3)25(2)19-11-12-21-20(23-19)22-15-7-5-4-6-8-15/h9-13,15H,4-8H2,1-3H3,(H,21,22,23). The minimum Gasteiger partial charge on any atom is -0.351 e. The molecule has 0 bridgehead atoms. The molecule has 6 heteroatoms. The number of fused-ring (bicyclic) bond motifs is 1. The number of benzene rings is 1. The van der Waals surface area contributed by atoms with Crippen molar-refractivity contribution in [1.82, 2.24) is 19.7 Å². The maximum atomic E-state index is 4.73. The first-order valence-corrected chi connectivity index (χ1v) is 9.38. The topological polar surface area (TPSA) is 58.9 Å². The van der Waals surface area contributed by atoms with Gasteiger partial charge in [-0.1, -0.05) is 19.3 Å². The summed E-state index contributed by atoms with van der Waals surface area (Å²) in [5.74, 6) is 1.61. The molecule has 0 atom stereocenters. The van der Waals surface area contributed by atoms with Crippen LogP contribution >= 0.6 is 0 Å². The van der Waals surface area contributed by atoms with Gasteiger partial charge in [-0.25, -0.2) is 4.98 Å². The van der Waals surface area contributed by atoms with Crippen molar-refractivity contribution >= 4 is 28.4 Å². The van der Waals surface area contributed by atoms with Gasteiger partial charge in [0.05, 0.1) is 5.52 Å². The number of nitrogens with zero attached hydrogens (tertiary/aromatic N) is 5. The van der Waals surface area contributed by atoms with E-state index in [0.717, 1.165) is 28.7 Å². The SMILES string of the molecule is Cc1c2cc(N(C)c3ccnc(NC4CCCCC4)n3)ccc2nn1C. The molecule has 1 N–H and O–H groups in total. The van der Waals surface area contributed by atoms with E-state index in [1.807, 2.05) is 31.0 Å². The molecule has 26 heavy (non-hydrogen) atoms. The van der Waals surface area contributed by atoms with Gasteiger partial charge in [0.2, 0.25) is 5.95 Å². The molecule has 0 aliphatic heterocycles. The molecular formula is C20H26N6. The summed E-state index contributed by atoms with van der Waals surface area (Å²) in [6, 6.07) is 8.78. The zero-order valence-electron chi connectivity index (χ0n) is 15.7.